The van der Waals surface area contributed by atoms with Crippen LogP contribution in [0.15, 0.2) is 42.6 Å². The number of hydrogen-bond acceptors (Lipinski definition) is 5. The van der Waals surface area contributed by atoms with Gasteiger partial charge in [0.25, 0.3) is 5.91 Å². The maximum absolute atomic E-state index is 14.5. The highest BCUT2D eigenvalue weighted by Gasteiger charge is 2.30. The molecule has 6 nitrogen and oxygen atoms in total. The molecule has 8 heteroatoms. The minimum absolute atomic E-state index is 0.133. The van der Waals surface area contributed by atoms with E-state index in [4.69, 9.17) is 4.98 Å². The highest BCUT2D eigenvalue weighted by atomic mass is 19.1. The molecule has 2 fully saturated rings. The fourth-order valence-corrected chi connectivity index (χ4v) is 4.72. The van der Waals surface area contributed by atoms with Crippen molar-refractivity contribution < 1.29 is 13.6 Å². The normalized spacial score (nSPS) is 19.4. The lowest BCUT2D eigenvalue weighted by molar-refractivity contribution is 0.0931. The largest absolute Gasteiger partial charge is 0.349 e. The first-order chi connectivity index (χ1) is 15.6. The van der Waals surface area contributed by atoms with Gasteiger partial charge >= 0.3 is 0 Å². The molecule has 3 aromatic rings. The Kier molecular flexibility index (Phi) is 5.70. The lowest BCUT2D eigenvalue weighted by Gasteiger charge is -2.27. The van der Waals surface area contributed by atoms with Crippen LogP contribution in [0.5, 0.6) is 0 Å². The monoisotopic (exact) mass is 437 g/mol. The van der Waals surface area contributed by atoms with E-state index in [2.05, 4.69) is 15.6 Å². The second-order valence-corrected chi connectivity index (χ2v) is 8.41. The second kappa shape index (κ2) is 8.78. The van der Waals surface area contributed by atoms with Crippen molar-refractivity contribution in [1.29, 1.82) is 0 Å². The molecular weight excluding hydrogens is 412 g/mol. The molecule has 2 aromatic heterocycles. The van der Waals surface area contributed by atoms with Gasteiger partial charge in [-0.3, -0.25) is 9.78 Å². The quantitative estimate of drug-likeness (QED) is 0.651. The van der Waals surface area contributed by atoms with Crippen LogP contribution in [-0.4, -0.2) is 41.6 Å². The van der Waals surface area contributed by atoms with E-state index in [0.29, 0.717) is 40.9 Å². The van der Waals surface area contributed by atoms with Gasteiger partial charge in [0.1, 0.15) is 23.0 Å². The first kappa shape index (κ1) is 20.8. The molecule has 166 valence electrons. The minimum atomic E-state index is -0.458. The molecule has 1 aromatic carbocycles. The number of aromatic nitrogens is 2. The van der Waals surface area contributed by atoms with Gasteiger partial charge in [-0.1, -0.05) is 0 Å². The fourth-order valence-electron chi connectivity index (χ4n) is 4.72. The van der Waals surface area contributed by atoms with Crippen LogP contribution in [0.4, 0.5) is 14.6 Å². The van der Waals surface area contributed by atoms with Crippen LogP contribution in [-0.2, 0) is 0 Å². The fraction of sp³-hybridized carbons (Fsp3) is 0.375. The van der Waals surface area contributed by atoms with Crippen molar-refractivity contribution in [3.63, 3.8) is 0 Å². The number of nitrogens with zero attached hydrogens (tertiary/aromatic N) is 3. The highest BCUT2D eigenvalue weighted by molar-refractivity contribution is 6.04. The number of anilines is 1. The van der Waals surface area contributed by atoms with E-state index >= 15 is 0 Å². The van der Waals surface area contributed by atoms with Gasteiger partial charge in [0.2, 0.25) is 0 Å². The molecule has 1 amide bonds. The van der Waals surface area contributed by atoms with Crippen molar-refractivity contribution in [2.24, 2.45) is 0 Å². The summed E-state index contributed by atoms with van der Waals surface area (Å²) in [5.74, 6) is -0.413. The Morgan fingerprint density at radius 3 is 2.78 bits per heavy atom. The molecule has 4 heterocycles. The molecule has 2 aliphatic rings. The summed E-state index contributed by atoms with van der Waals surface area (Å²) >= 11 is 0. The van der Waals surface area contributed by atoms with Gasteiger partial charge in [0.15, 0.2) is 0 Å². The number of carbonyl (C=O) groups is 1. The van der Waals surface area contributed by atoms with Crippen molar-refractivity contribution in [3.05, 3.63) is 65.4 Å². The Hall–Kier alpha value is -3.13. The van der Waals surface area contributed by atoms with Crippen molar-refractivity contribution in [2.45, 2.75) is 37.8 Å². The van der Waals surface area contributed by atoms with Crippen LogP contribution in [0, 0.1) is 11.6 Å². The number of piperidine rings is 1. The zero-order chi connectivity index (χ0) is 22.1. The molecule has 0 radical (unpaired) electrons. The van der Waals surface area contributed by atoms with Crippen molar-refractivity contribution in [2.75, 3.05) is 24.5 Å². The first-order valence-electron chi connectivity index (χ1n) is 11.1. The molecule has 5 rings (SSSR count). The van der Waals surface area contributed by atoms with E-state index < -0.39 is 11.6 Å². The molecule has 0 unspecified atom stereocenters. The average Bonchev–Trinajstić information content (AvgIpc) is 3.30. The van der Waals surface area contributed by atoms with Gasteiger partial charge in [0.05, 0.1) is 17.1 Å². The summed E-state index contributed by atoms with van der Waals surface area (Å²) in [6, 6.07) is 8.74. The van der Waals surface area contributed by atoms with Crippen LogP contribution in [0.2, 0.25) is 0 Å². The van der Waals surface area contributed by atoms with E-state index in [1.807, 2.05) is 17.0 Å². The van der Waals surface area contributed by atoms with Gasteiger partial charge < -0.3 is 15.5 Å². The summed E-state index contributed by atoms with van der Waals surface area (Å²) in [4.78, 5) is 24.1. The van der Waals surface area contributed by atoms with Crippen LogP contribution in [0.25, 0.3) is 11.0 Å². The van der Waals surface area contributed by atoms with Crippen LogP contribution < -0.4 is 15.5 Å². The number of fused-ring (bicyclic) bond motifs is 1. The number of pyridine rings is 2. The Labute approximate surface area is 185 Å². The Bertz CT molecular complexity index is 1150. The summed E-state index contributed by atoms with van der Waals surface area (Å²) in [5.41, 5.74) is 1.95. The lowest BCUT2D eigenvalue weighted by atomic mass is 10.0. The zero-order valence-corrected chi connectivity index (χ0v) is 17.7. The number of hydrogen-bond donors (Lipinski definition) is 2. The van der Waals surface area contributed by atoms with Crippen LogP contribution in [0.1, 0.15) is 47.6 Å². The van der Waals surface area contributed by atoms with Crippen molar-refractivity contribution >= 4 is 22.8 Å². The molecule has 32 heavy (non-hydrogen) atoms. The summed E-state index contributed by atoms with van der Waals surface area (Å²) in [6.45, 7) is 2.45. The number of amides is 1. The van der Waals surface area contributed by atoms with Crippen LogP contribution >= 0.6 is 0 Å². The summed E-state index contributed by atoms with van der Waals surface area (Å²) in [5, 5.41) is 6.40. The SMILES string of the molecule is O=C(NC1CCNCC1)c1ccnc2ccc(N3CCC[C@@H]3c3cc(F)ccc3F)nc12. The lowest BCUT2D eigenvalue weighted by Crippen LogP contribution is -2.42. The minimum Gasteiger partial charge on any atom is -0.349 e. The number of nitrogens with one attached hydrogen (secondary N) is 2. The summed E-state index contributed by atoms with van der Waals surface area (Å²) in [7, 11) is 0. The van der Waals surface area contributed by atoms with Crippen molar-refractivity contribution in [1.82, 2.24) is 20.6 Å². The molecule has 0 spiro atoms. The third kappa shape index (κ3) is 4.02. The third-order valence-electron chi connectivity index (χ3n) is 6.35. The molecule has 2 saturated heterocycles. The maximum atomic E-state index is 14.5. The topological polar surface area (TPSA) is 70.2 Å². The molecular formula is C24H25F2N5O. The number of halogens is 2. The predicted molar refractivity (Wildman–Crippen MR) is 119 cm³/mol. The maximum Gasteiger partial charge on any atom is 0.253 e. The molecule has 1 atom stereocenters. The number of rotatable bonds is 4. The molecule has 0 aliphatic carbocycles. The van der Waals surface area contributed by atoms with E-state index in [9.17, 15) is 13.6 Å². The first-order valence-corrected chi connectivity index (χ1v) is 11.1. The van der Waals surface area contributed by atoms with E-state index in [0.717, 1.165) is 38.4 Å². The van der Waals surface area contributed by atoms with Crippen LogP contribution in [0.3, 0.4) is 0 Å². The molecule has 2 aliphatic heterocycles. The van der Waals surface area contributed by atoms with Gasteiger partial charge in [0, 0.05) is 24.3 Å². The average molecular weight is 437 g/mol. The van der Waals surface area contributed by atoms with E-state index in [-0.39, 0.29) is 18.0 Å². The highest BCUT2D eigenvalue weighted by Crippen LogP contribution is 2.37. The third-order valence-corrected chi connectivity index (χ3v) is 6.35. The van der Waals surface area contributed by atoms with Gasteiger partial charge in [-0.15, -0.1) is 0 Å². The Morgan fingerprint density at radius 1 is 1.09 bits per heavy atom. The summed E-state index contributed by atoms with van der Waals surface area (Å²) < 4.78 is 28.3. The smallest absolute Gasteiger partial charge is 0.253 e. The van der Waals surface area contributed by atoms with E-state index in [1.54, 1.807) is 12.3 Å². The Balaban J connectivity index is 1.48. The van der Waals surface area contributed by atoms with E-state index in [1.165, 1.54) is 12.1 Å². The zero-order valence-electron chi connectivity index (χ0n) is 17.7. The molecule has 0 saturated carbocycles. The van der Waals surface area contributed by atoms with Crippen molar-refractivity contribution in [3.8, 4) is 0 Å². The number of carbonyl (C=O) groups excluding carboxylic acids is 1. The summed E-state index contributed by atoms with van der Waals surface area (Å²) in [6.07, 6.45) is 4.94. The van der Waals surface area contributed by atoms with Gasteiger partial charge in [-0.2, -0.15) is 0 Å². The molecule has 2 N–H and O–H groups in total. The second-order valence-electron chi connectivity index (χ2n) is 8.41. The van der Waals surface area contributed by atoms with Gasteiger partial charge in [-0.25, -0.2) is 13.8 Å². The van der Waals surface area contributed by atoms with Gasteiger partial charge in [-0.05, 0) is 75.2 Å². The number of benzene rings is 1. The predicted octanol–water partition coefficient (Wildman–Crippen LogP) is 3.73. The molecule has 0 bridgehead atoms. The standard InChI is InChI=1S/C24H25F2N5O/c25-15-3-4-19(26)18(14-15)21-2-1-13-31(21)22-6-5-20-23(30-22)17(9-12-28-20)24(32)29-16-7-10-27-11-8-16/h3-6,9,12,14,16,21,27H,1-2,7-8,10-11,13H2,(H,29,32)/t21-/m1/s1. The Morgan fingerprint density at radius 2 is 1.94 bits per heavy atom.